The van der Waals surface area contributed by atoms with E-state index in [4.69, 9.17) is 5.84 Å². The van der Waals surface area contributed by atoms with Gasteiger partial charge in [-0.15, -0.1) is 0 Å². The zero-order valence-electron chi connectivity index (χ0n) is 12.1. The van der Waals surface area contributed by atoms with E-state index in [0.717, 1.165) is 32.5 Å². The van der Waals surface area contributed by atoms with E-state index < -0.39 is 0 Å². The molecule has 0 aromatic heterocycles. The second-order valence-corrected chi connectivity index (χ2v) is 5.72. The summed E-state index contributed by atoms with van der Waals surface area (Å²) in [7, 11) is 0. The number of nitrogens with one attached hydrogen (secondary N) is 1. The molecule has 0 radical (unpaired) electrons. The van der Waals surface area contributed by atoms with Crippen molar-refractivity contribution in [3.8, 4) is 0 Å². The summed E-state index contributed by atoms with van der Waals surface area (Å²) >= 11 is 0. The van der Waals surface area contributed by atoms with Crippen LogP contribution in [-0.4, -0.2) is 23.9 Å². The van der Waals surface area contributed by atoms with Crippen molar-refractivity contribution in [3.05, 3.63) is 48.0 Å². The summed E-state index contributed by atoms with van der Waals surface area (Å²) in [6.45, 7) is 2.71. The Bertz CT molecular complexity index is 635. The highest BCUT2D eigenvalue weighted by atomic mass is 16.2. The molecule has 0 aliphatic carbocycles. The van der Waals surface area contributed by atoms with E-state index in [1.54, 1.807) is 0 Å². The summed E-state index contributed by atoms with van der Waals surface area (Å²) in [6.07, 6.45) is 1.97. The molecule has 0 bridgehead atoms. The largest absolute Gasteiger partial charge is 0.298 e. The second kappa shape index (κ2) is 6.24. The molecule has 1 amide bonds. The number of fused-ring (bicyclic) bond motifs is 1. The van der Waals surface area contributed by atoms with Crippen molar-refractivity contribution < 1.29 is 4.79 Å². The highest BCUT2D eigenvalue weighted by Crippen LogP contribution is 2.23. The molecule has 1 unspecified atom stereocenters. The molecule has 4 nitrogen and oxygen atoms in total. The maximum Gasteiger partial charge on any atom is 0.238 e. The summed E-state index contributed by atoms with van der Waals surface area (Å²) in [6, 6.07) is 14.9. The summed E-state index contributed by atoms with van der Waals surface area (Å²) in [4.78, 5) is 14.1. The first-order valence-electron chi connectivity index (χ1n) is 7.47. The van der Waals surface area contributed by atoms with Crippen molar-refractivity contribution in [3.63, 3.8) is 0 Å². The molecule has 1 saturated heterocycles. The van der Waals surface area contributed by atoms with E-state index in [1.165, 1.54) is 16.3 Å². The van der Waals surface area contributed by atoms with Gasteiger partial charge in [-0.25, -0.2) is 5.84 Å². The lowest BCUT2D eigenvalue weighted by Crippen LogP contribution is -2.44. The van der Waals surface area contributed by atoms with Crippen molar-refractivity contribution in [2.45, 2.75) is 19.4 Å². The molecule has 3 rings (SSSR count). The molecule has 1 aliphatic rings. The third-order valence-electron chi connectivity index (χ3n) is 4.29. The highest BCUT2D eigenvalue weighted by molar-refractivity contribution is 5.85. The predicted octanol–water partition coefficient (Wildman–Crippen LogP) is 2.04. The van der Waals surface area contributed by atoms with Gasteiger partial charge in [0.05, 0.1) is 5.92 Å². The smallest absolute Gasteiger partial charge is 0.238 e. The van der Waals surface area contributed by atoms with Crippen LogP contribution in [0.5, 0.6) is 0 Å². The minimum absolute atomic E-state index is 0.0127. The molecule has 21 heavy (non-hydrogen) atoms. The Hall–Kier alpha value is -1.91. The van der Waals surface area contributed by atoms with E-state index in [-0.39, 0.29) is 11.8 Å². The second-order valence-electron chi connectivity index (χ2n) is 5.72. The molecule has 3 N–H and O–H groups in total. The first-order valence-corrected chi connectivity index (χ1v) is 7.47. The monoisotopic (exact) mass is 283 g/mol. The number of hydrogen-bond acceptors (Lipinski definition) is 3. The maximum atomic E-state index is 11.7. The van der Waals surface area contributed by atoms with Crippen molar-refractivity contribution in [2.24, 2.45) is 11.8 Å². The topological polar surface area (TPSA) is 58.4 Å². The number of carbonyl (C=O) groups is 1. The minimum atomic E-state index is -0.0439. The van der Waals surface area contributed by atoms with Crippen LogP contribution in [0.25, 0.3) is 10.8 Å². The summed E-state index contributed by atoms with van der Waals surface area (Å²) in [5.74, 6) is 5.23. The SMILES string of the molecule is NNC(=O)C1CCCN(Cc2cccc3ccccc23)C1. The molecule has 1 aliphatic heterocycles. The van der Waals surface area contributed by atoms with E-state index in [2.05, 4.69) is 52.8 Å². The number of likely N-dealkylation sites (tertiary alicyclic amines) is 1. The lowest BCUT2D eigenvalue weighted by Gasteiger charge is -2.31. The molecule has 1 heterocycles. The Labute approximate surface area is 124 Å². The normalized spacial score (nSPS) is 19.6. The van der Waals surface area contributed by atoms with Crippen molar-refractivity contribution in [1.82, 2.24) is 10.3 Å². The molecular weight excluding hydrogens is 262 g/mol. The van der Waals surface area contributed by atoms with Gasteiger partial charge < -0.3 is 0 Å². The quantitative estimate of drug-likeness (QED) is 0.515. The molecule has 1 atom stereocenters. The number of carbonyl (C=O) groups excluding carboxylic acids is 1. The van der Waals surface area contributed by atoms with E-state index in [9.17, 15) is 4.79 Å². The van der Waals surface area contributed by atoms with E-state index in [1.807, 2.05) is 0 Å². The standard InChI is InChI=1S/C17H21N3O/c18-19-17(21)15-8-4-10-20(12-15)11-14-7-3-6-13-5-1-2-9-16(13)14/h1-3,5-7,9,15H,4,8,10-12,18H2,(H,19,21). The van der Waals surface area contributed by atoms with Crippen LogP contribution in [0, 0.1) is 5.92 Å². The fourth-order valence-electron chi connectivity index (χ4n) is 3.20. The molecule has 2 aromatic rings. The first kappa shape index (κ1) is 14.0. The number of nitrogens with zero attached hydrogens (tertiary/aromatic N) is 1. The Kier molecular flexibility index (Phi) is 4.18. The third kappa shape index (κ3) is 3.06. The Morgan fingerprint density at radius 1 is 1.24 bits per heavy atom. The maximum absolute atomic E-state index is 11.7. The molecule has 0 saturated carbocycles. The summed E-state index contributed by atoms with van der Waals surface area (Å²) in [5.41, 5.74) is 3.60. The zero-order chi connectivity index (χ0) is 14.7. The first-order chi connectivity index (χ1) is 10.3. The molecule has 1 fully saturated rings. The minimum Gasteiger partial charge on any atom is -0.298 e. The number of nitrogens with two attached hydrogens (primary N) is 1. The number of rotatable bonds is 3. The number of amides is 1. The van der Waals surface area contributed by atoms with Gasteiger partial charge in [0, 0.05) is 13.1 Å². The van der Waals surface area contributed by atoms with Crippen molar-refractivity contribution >= 4 is 16.7 Å². The molecule has 0 spiro atoms. The average molecular weight is 283 g/mol. The van der Waals surface area contributed by atoms with Gasteiger partial charge >= 0.3 is 0 Å². The van der Waals surface area contributed by atoms with Gasteiger partial charge in [-0.2, -0.15) is 0 Å². The highest BCUT2D eigenvalue weighted by Gasteiger charge is 2.25. The van der Waals surface area contributed by atoms with Crippen LogP contribution in [0.2, 0.25) is 0 Å². The zero-order valence-corrected chi connectivity index (χ0v) is 12.1. The lowest BCUT2D eigenvalue weighted by atomic mass is 9.96. The van der Waals surface area contributed by atoms with Crippen LogP contribution in [0.1, 0.15) is 18.4 Å². The number of hydrazine groups is 1. The fourth-order valence-corrected chi connectivity index (χ4v) is 3.20. The van der Waals surface area contributed by atoms with Gasteiger partial charge in [0.15, 0.2) is 0 Å². The van der Waals surface area contributed by atoms with Crippen LogP contribution < -0.4 is 11.3 Å². The Morgan fingerprint density at radius 2 is 2.05 bits per heavy atom. The van der Waals surface area contributed by atoms with Crippen molar-refractivity contribution in [1.29, 1.82) is 0 Å². The molecule has 4 heteroatoms. The van der Waals surface area contributed by atoms with Crippen LogP contribution in [0.15, 0.2) is 42.5 Å². The van der Waals surface area contributed by atoms with E-state index >= 15 is 0 Å². The van der Waals surface area contributed by atoms with Gasteiger partial charge in [0.2, 0.25) is 5.91 Å². The fraction of sp³-hybridized carbons (Fsp3) is 0.353. The molecule has 110 valence electrons. The number of piperidine rings is 1. The van der Waals surface area contributed by atoms with Crippen LogP contribution >= 0.6 is 0 Å². The third-order valence-corrected chi connectivity index (χ3v) is 4.29. The van der Waals surface area contributed by atoms with Gasteiger partial charge in [-0.1, -0.05) is 42.5 Å². The van der Waals surface area contributed by atoms with Gasteiger partial charge in [0.25, 0.3) is 0 Å². The van der Waals surface area contributed by atoms with E-state index in [0.29, 0.717) is 0 Å². The average Bonchev–Trinajstić information content (AvgIpc) is 2.55. The summed E-state index contributed by atoms with van der Waals surface area (Å²) in [5, 5.41) is 2.56. The van der Waals surface area contributed by atoms with Crippen LogP contribution in [-0.2, 0) is 11.3 Å². The lowest BCUT2D eigenvalue weighted by molar-refractivity contribution is -0.126. The number of hydrogen-bond donors (Lipinski definition) is 2. The van der Waals surface area contributed by atoms with Gasteiger partial charge in [0.1, 0.15) is 0 Å². The molecular formula is C17H21N3O. The Balaban J connectivity index is 1.77. The van der Waals surface area contributed by atoms with Gasteiger partial charge in [-0.3, -0.25) is 15.1 Å². The Morgan fingerprint density at radius 3 is 2.90 bits per heavy atom. The number of benzene rings is 2. The molecule has 2 aromatic carbocycles. The van der Waals surface area contributed by atoms with Crippen LogP contribution in [0.3, 0.4) is 0 Å². The van der Waals surface area contributed by atoms with Crippen molar-refractivity contribution in [2.75, 3.05) is 13.1 Å². The van der Waals surface area contributed by atoms with Crippen LogP contribution in [0.4, 0.5) is 0 Å². The predicted molar refractivity (Wildman–Crippen MR) is 84.3 cm³/mol. The summed E-state index contributed by atoms with van der Waals surface area (Å²) < 4.78 is 0. The van der Waals surface area contributed by atoms with Gasteiger partial charge in [-0.05, 0) is 35.7 Å².